The predicted molar refractivity (Wildman–Crippen MR) is 138 cm³/mol. The number of likely N-dealkylation sites (tertiary alicyclic amines) is 1. The highest BCUT2D eigenvalue weighted by Crippen LogP contribution is 2.36. The molecule has 3 heterocycles. The normalized spacial score (nSPS) is 15.8. The van der Waals surface area contributed by atoms with E-state index in [1.54, 1.807) is 6.20 Å². The minimum atomic E-state index is -0.0919. The molecule has 1 saturated heterocycles. The third kappa shape index (κ3) is 4.44. The molecule has 0 unspecified atom stereocenters. The lowest BCUT2D eigenvalue weighted by Crippen LogP contribution is -2.38. The van der Waals surface area contributed by atoms with E-state index in [9.17, 15) is 4.79 Å². The molecule has 0 saturated carbocycles. The second-order valence-electron chi connectivity index (χ2n) is 8.92. The molecule has 1 aliphatic heterocycles. The highest BCUT2D eigenvalue weighted by Gasteiger charge is 2.31. The zero-order valence-electron chi connectivity index (χ0n) is 20.3. The fraction of sp³-hybridized carbons (Fsp3) is 0.276. The van der Waals surface area contributed by atoms with E-state index in [0.29, 0.717) is 0 Å². The summed E-state index contributed by atoms with van der Waals surface area (Å²) < 4.78 is 8.18. The number of hydrogen-bond donors (Lipinski definition) is 0. The van der Waals surface area contributed by atoms with Crippen molar-refractivity contribution in [1.29, 1.82) is 0 Å². The van der Waals surface area contributed by atoms with Gasteiger partial charge < -0.3 is 9.64 Å². The van der Waals surface area contributed by atoms with Crippen LogP contribution in [0.1, 0.15) is 49.3 Å². The van der Waals surface area contributed by atoms with Crippen molar-refractivity contribution in [3.8, 4) is 22.8 Å². The molecule has 2 aromatic heterocycles. The highest BCUT2D eigenvalue weighted by atomic mass is 16.5. The van der Waals surface area contributed by atoms with Gasteiger partial charge in [0.15, 0.2) is 0 Å². The average Bonchev–Trinajstić information content (AvgIpc) is 3.29. The van der Waals surface area contributed by atoms with Gasteiger partial charge in [0.2, 0.25) is 5.91 Å². The van der Waals surface area contributed by atoms with Gasteiger partial charge in [0, 0.05) is 24.5 Å². The first-order chi connectivity index (χ1) is 17.1. The number of carbonyl (C=O) groups is 1. The van der Waals surface area contributed by atoms with Crippen LogP contribution in [0.25, 0.3) is 16.8 Å². The maximum atomic E-state index is 12.6. The molecule has 5 rings (SSSR count). The van der Waals surface area contributed by atoms with Gasteiger partial charge in [-0.1, -0.05) is 25.6 Å². The number of rotatable bonds is 6. The van der Waals surface area contributed by atoms with E-state index in [-0.39, 0.29) is 11.9 Å². The first-order valence-electron chi connectivity index (χ1n) is 12.2. The Labute approximate surface area is 205 Å². The number of hydrogen-bond acceptors (Lipinski definition) is 4. The van der Waals surface area contributed by atoms with Crippen LogP contribution in [-0.4, -0.2) is 31.7 Å². The SMILES string of the molecule is C=CC(=O)N1CCCC[C@H]1c1nc(-c2ccc(Oc3cccc(CC)c3)cc2)c2c(C)nccn12. The summed E-state index contributed by atoms with van der Waals surface area (Å²) >= 11 is 0. The van der Waals surface area contributed by atoms with Gasteiger partial charge in [-0.25, -0.2) is 4.98 Å². The third-order valence-electron chi connectivity index (χ3n) is 6.69. The van der Waals surface area contributed by atoms with E-state index in [1.165, 1.54) is 11.6 Å². The maximum Gasteiger partial charge on any atom is 0.246 e. The number of piperidine rings is 1. The molecular weight excluding hydrogens is 436 g/mol. The van der Waals surface area contributed by atoms with Crippen molar-refractivity contribution in [2.75, 3.05) is 6.54 Å². The topological polar surface area (TPSA) is 59.7 Å². The highest BCUT2D eigenvalue weighted by molar-refractivity contribution is 5.87. The Kier molecular flexibility index (Phi) is 6.36. The van der Waals surface area contributed by atoms with Crippen molar-refractivity contribution >= 4 is 11.4 Å². The lowest BCUT2D eigenvalue weighted by atomic mass is 10.0. The quantitative estimate of drug-likeness (QED) is 0.313. The number of amides is 1. The molecular formula is C29H30N4O2. The molecule has 0 N–H and O–H groups in total. The first-order valence-corrected chi connectivity index (χ1v) is 12.2. The second-order valence-corrected chi connectivity index (χ2v) is 8.92. The fourth-order valence-corrected chi connectivity index (χ4v) is 4.88. The van der Waals surface area contributed by atoms with Crippen LogP contribution in [-0.2, 0) is 11.2 Å². The van der Waals surface area contributed by atoms with Gasteiger partial charge in [-0.3, -0.25) is 14.2 Å². The van der Waals surface area contributed by atoms with Crippen molar-refractivity contribution in [3.63, 3.8) is 0 Å². The van der Waals surface area contributed by atoms with Crippen LogP contribution in [0, 0.1) is 6.92 Å². The summed E-state index contributed by atoms with van der Waals surface area (Å²) in [5.41, 5.74) is 4.95. The van der Waals surface area contributed by atoms with Gasteiger partial charge in [-0.15, -0.1) is 0 Å². The Morgan fingerprint density at radius 3 is 2.77 bits per heavy atom. The predicted octanol–water partition coefficient (Wildman–Crippen LogP) is 6.30. The Hall–Kier alpha value is -3.93. The molecule has 1 amide bonds. The van der Waals surface area contributed by atoms with Crippen molar-refractivity contribution in [1.82, 2.24) is 19.3 Å². The zero-order chi connectivity index (χ0) is 24.4. The Balaban J connectivity index is 1.52. The van der Waals surface area contributed by atoms with Crippen LogP contribution < -0.4 is 4.74 Å². The molecule has 2 aromatic carbocycles. The fourth-order valence-electron chi connectivity index (χ4n) is 4.88. The molecule has 4 aromatic rings. The molecule has 1 atom stereocenters. The van der Waals surface area contributed by atoms with Crippen molar-refractivity contribution in [3.05, 3.63) is 90.7 Å². The summed E-state index contributed by atoms with van der Waals surface area (Å²) in [7, 11) is 0. The summed E-state index contributed by atoms with van der Waals surface area (Å²) in [5, 5.41) is 0. The number of ether oxygens (including phenoxy) is 1. The molecule has 0 bridgehead atoms. The number of aryl methyl sites for hydroxylation is 2. The van der Waals surface area contributed by atoms with Gasteiger partial charge >= 0.3 is 0 Å². The number of fused-ring (bicyclic) bond motifs is 1. The van der Waals surface area contributed by atoms with Crippen molar-refractivity contribution in [2.24, 2.45) is 0 Å². The van der Waals surface area contributed by atoms with Gasteiger partial charge in [0.25, 0.3) is 0 Å². The molecule has 6 nitrogen and oxygen atoms in total. The average molecular weight is 467 g/mol. The maximum absolute atomic E-state index is 12.6. The largest absolute Gasteiger partial charge is 0.457 e. The Morgan fingerprint density at radius 2 is 2.00 bits per heavy atom. The number of nitrogens with zero attached hydrogens (tertiary/aromatic N) is 4. The van der Waals surface area contributed by atoms with Gasteiger partial charge in [-0.05, 0) is 80.6 Å². The Bertz CT molecular complexity index is 1370. The second kappa shape index (κ2) is 9.74. The van der Waals surface area contributed by atoms with Crippen molar-refractivity contribution < 1.29 is 9.53 Å². The van der Waals surface area contributed by atoms with Crippen LogP contribution in [0.2, 0.25) is 0 Å². The van der Waals surface area contributed by atoms with E-state index in [1.807, 2.05) is 54.4 Å². The lowest BCUT2D eigenvalue weighted by Gasteiger charge is -2.34. The smallest absolute Gasteiger partial charge is 0.246 e. The van der Waals surface area contributed by atoms with Crippen LogP contribution in [0.3, 0.4) is 0 Å². The monoisotopic (exact) mass is 466 g/mol. The zero-order valence-corrected chi connectivity index (χ0v) is 20.3. The molecule has 1 fully saturated rings. The van der Waals surface area contributed by atoms with E-state index in [0.717, 1.165) is 72.0 Å². The van der Waals surface area contributed by atoms with Crippen molar-refractivity contribution in [2.45, 2.75) is 45.6 Å². The number of benzene rings is 2. The number of imidazole rings is 1. The van der Waals surface area contributed by atoms with Gasteiger partial charge in [0.05, 0.1) is 22.9 Å². The summed E-state index contributed by atoms with van der Waals surface area (Å²) in [6, 6.07) is 16.1. The lowest BCUT2D eigenvalue weighted by molar-refractivity contribution is -0.129. The summed E-state index contributed by atoms with van der Waals surface area (Å²) in [5.74, 6) is 2.42. The van der Waals surface area contributed by atoms with Gasteiger partial charge in [-0.2, -0.15) is 0 Å². The van der Waals surface area contributed by atoms with Crippen LogP contribution in [0.15, 0.2) is 73.6 Å². The third-order valence-corrected chi connectivity index (χ3v) is 6.69. The molecule has 0 spiro atoms. The Morgan fingerprint density at radius 1 is 1.17 bits per heavy atom. The molecule has 0 aliphatic carbocycles. The minimum Gasteiger partial charge on any atom is -0.457 e. The summed E-state index contributed by atoms with van der Waals surface area (Å²) in [4.78, 5) is 24.1. The molecule has 178 valence electrons. The molecule has 1 aliphatic rings. The summed E-state index contributed by atoms with van der Waals surface area (Å²) in [6.45, 7) is 8.55. The van der Waals surface area contributed by atoms with E-state index in [4.69, 9.17) is 9.72 Å². The molecule has 6 heteroatoms. The van der Waals surface area contributed by atoms with Crippen LogP contribution in [0.4, 0.5) is 0 Å². The summed E-state index contributed by atoms with van der Waals surface area (Å²) in [6.07, 6.45) is 9.04. The van der Waals surface area contributed by atoms with Crippen LogP contribution >= 0.6 is 0 Å². The standard InChI is InChI=1S/C29H30N4O2/c1-4-21-9-8-10-24(19-21)35-23-14-12-22(13-15-23)27-28-20(3)30-16-18-33(28)29(31-27)25-11-6-7-17-32(25)26(34)5-2/h5,8-10,12-16,18-19,25H,2,4,6-7,11,17H2,1,3H3/t25-/m0/s1. The van der Waals surface area contributed by atoms with E-state index < -0.39 is 0 Å². The molecule has 35 heavy (non-hydrogen) atoms. The van der Waals surface area contributed by atoms with Crippen LogP contribution in [0.5, 0.6) is 11.5 Å². The number of aromatic nitrogens is 3. The van der Waals surface area contributed by atoms with Gasteiger partial charge in [0.1, 0.15) is 17.3 Å². The molecule has 0 radical (unpaired) electrons. The first kappa shape index (κ1) is 22.8. The van der Waals surface area contributed by atoms with E-state index in [2.05, 4.69) is 35.0 Å². The minimum absolute atomic E-state index is 0.0487. The number of carbonyl (C=O) groups excluding carboxylic acids is 1. The van der Waals surface area contributed by atoms with E-state index >= 15 is 0 Å².